The number of fused-ring (bicyclic) bond motifs is 1. The molecule has 0 aliphatic carbocycles. The van der Waals surface area contributed by atoms with E-state index in [0.29, 0.717) is 11.1 Å². The predicted octanol–water partition coefficient (Wildman–Crippen LogP) is 4.68. The van der Waals surface area contributed by atoms with Crippen molar-refractivity contribution in [1.29, 1.82) is 0 Å². The van der Waals surface area contributed by atoms with Gasteiger partial charge in [0.05, 0.1) is 17.7 Å². The Morgan fingerprint density at radius 2 is 1.58 bits per heavy atom. The normalized spacial score (nSPS) is 15.7. The molecule has 1 atom stereocenters. The molecule has 1 aliphatic heterocycles. The van der Waals surface area contributed by atoms with Gasteiger partial charge in [-0.15, -0.1) is 5.06 Å². The maximum absolute atomic E-state index is 13.3. The first kappa shape index (κ1) is 24.9. The summed E-state index contributed by atoms with van der Waals surface area (Å²) in [4.78, 5) is 44.9. The molecule has 178 valence electrons. The van der Waals surface area contributed by atoms with Crippen LogP contribution in [0.3, 0.4) is 0 Å². The van der Waals surface area contributed by atoms with Crippen molar-refractivity contribution in [1.82, 2.24) is 10.0 Å². The van der Waals surface area contributed by atoms with Crippen LogP contribution in [-0.4, -0.2) is 36.8 Å². The molecule has 11 heteroatoms. The molecule has 0 radical (unpaired) electrons. The maximum atomic E-state index is 13.3. The molecule has 0 spiro atoms. The number of imide groups is 1. The SMILES string of the molecule is CC(C)(C)[Si](C)(C)OCC(ON1C(=O)c2ccccc2C1=O)c1c[nH]c(=O)c(C(F)(F)F)c1. The highest BCUT2D eigenvalue weighted by molar-refractivity contribution is 6.74. The fraction of sp³-hybridized carbons (Fsp3) is 0.409. The molecule has 2 amide bonds. The molecule has 2 aromatic rings. The smallest absolute Gasteiger partial charge is 0.414 e. The van der Waals surface area contributed by atoms with Gasteiger partial charge in [-0.3, -0.25) is 19.2 Å². The van der Waals surface area contributed by atoms with Gasteiger partial charge < -0.3 is 9.41 Å². The number of carbonyl (C=O) groups is 2. The van der Waals surface area contributed by atoms with E-state index in [-0.39, 0.29) is 28.3 Å². The monoisotopic (exact) mass is 482 g/mol. The Hall–Kier alpha value is -2.76. The van der Waals surface area contributed by atoms with E-state index in [1.54, 1.807) is 12.1 Å². The van der Waals surface area contributed by atoms with E-state index < -0.39 is 43.5 Å². The van der Waals surface area contributed by atoms with Crippen LogP contribution >= 0.6 is 0 Å². The van der Waals surface area contributed by atoms with Crippen LogP contribution in [0.25, 0.3) is 0 Å². The molecule has 0 bridgehead atoms. The Bertz CT molecular complexity index is 1100. The van der Waals surface area contributed by atoms with Gasteiger partial charge in [-0.05, 0) is 36.3 Å². The highest BCUT2D eigenvalue weighted by Crippen LogP contribution is 2.38. The molecule has 1 aromatic carbocycles. The van der Waals surface area contributed by atoms with E-state index in [2.05, 4.69) is 4.98 Å². The third kappa shape index (κ3) is 4.94. The first-order valence-electron chi connectivity index (χ1n) is 10.2. The fourth-order valence-electron chi connectivity index (χ4n) is 2.98. The summed E-state index contributed by atoms with van der Waals surface area (Å²) in [6.45, 7) is 9.62. The summed E-state index contributed by atoms with van der Waals surface area (Å²) >= 11 is 0. The summed E-state index contributed by atoms with van der Waals surface area (Å²) in [5.41, 5.74) is -2.55. The number of pyridine rings is 1. The number of H-pyrrole nitrogens is 1. The second-order valence-electron chi connectivity index (χ2n) is 9.29. The number of hydroxylamine groups is 2. The number of hydrogen-bond donors (Lipinski definition) is 1. The number of aromatic amines is 1. The minimum absolute atomic E-state index is 0.0859. The standard InChI is InChI=1S/C22H25F3N2O5Si/c1-21(2,3)33(4,5)31-12-17(13-10-16(22(23,24)25)18(28)26-11-13)32-27-19(29)14-8-6-7-9-15(14)20(27)30/h6-11,17H,12H2,1-5H3,(H,26,28). The molecule has 1 N–H and O–H groups in total. The number of carbonyl (C=O) groups excluding carboxylic acids is 2. The summed E-state index contributed by atoms with van der Waals surface area (Å²) in [6, 6.07) is 6.74. The molecular formula is C22H25F3N2O5Si. The summed E-state index contributed by atoms with van der Waals surface area (Å²) in [7, 11) is -2.38. The molecule has 1 unspecified atom stereocenters. The zero-order valence-electron chi connectivity index (χ0n) is 18.9. The average Bonchev–Trinajstić information content (AvgIpc) is 2.94. The van der Waals surface area contributed by atoms with Crippen molar-refractivity contribution in [2.75, 3.05) is 6.61 Å². The van der Waals surface area contributed by atoms with Crippen LogP contribution in [0.2, 0.25) is 18.1 Å². The Labute approximate surface area is 189 Å². The van der Waals surface area contributed by atoms with Gasteiger partial charge in [0.15, 0.2) is 8.32 Å². The fourth-order valence-corrected chi connectivity index (χ4v) is 3.98. The molecule has 0 saturated heterocycles. The van der Waals surface area contributed by atoms with E-state index >= 15 is 0 Å². The molecule has 2 heterocycles. The van der Waals surface area contributed by atoms with Crippen molar-refractivity contribution in [3.05, 3.63) is 69.1 Å². The number of rotatable bonds is 6. The van der Waals surface area contributed by atoms with Gasteiger partial charge in [0.2, 0.25) is 0 Å². The molecule has 0 fully saturated rings. The van der Waals surface area contributed by atoms with E-state index in [4.69, 9.17) is 9.26 Å². The van der Waals surface area contributed by atoms with E-state index in [9.17, 15) is 27.6 Å². The third-order valence-electron chi connectivity index (χ3n) is 5.99. The van der Waals surface area contributed by atoms with Crippen LogP contribution in [-0.2, 0) is 15.4 Å². The van der Waals surface area contributed by atoms with Crippen LogP contribution in [0, 0.1) is 0 Å². The third-order valence-corrected chi connectivity index (χ3v) is 10.5. The number of hydrogen-bond acceptors (Lipinski definition) is 5. The first-order chi connectivity index (χ1) is 15.1. The summed E-state index contributed by atoms with van der Waals surface area (Å²) in [5.74, 6) is -1.46. The van der Waals surface area contributed by atoms with E-state index in [0.717, 1.165) is 6.20 Å². The highest BCUT2D eigenvalue weighted by Gasteiger charge is 2.42. The minimum Gasteiger partial charge on any atom is -0.414 e. The molecule has 1 aromatic heterocycles. The molecular weight excluding hydrogens is 457 g/mol. The van der Waals surface area contributed by atoms with Crippen molar-refractivity contribution >= 4 is 20.1 Å². The van der Waals surface area contributed by atoms with Crippen molar-refractivity contribution in [2.24, 2.45) is 0 Å². The largest absolute Gasteiger partial charge is 0.421 e. The van der Waals surface area contributed by atoms with Gasteiger partial charge in [0.1, 0.15) is 11.7 Å². The lowest BCUT2D eigenvalue weighted by Gasteiger charge is -2.37. The van der Waals surface area contributed by atoms with Crippen LogP contribution < -0.4 is 5.56 Å². The first-order valence-corrected chi connectivity index (χ1v) is 13.1. The Kier molecular flexibility index (Phi) is 6.44. The number of aromatic nitrogens is 1. The topological polar surface area (TPSA) is 88.7 Å². The maximum Gasteiger partial charge on any atom is 0.421 e. The van der Waals surface area contributed by atoms with Crippen molar-refractivity contribution in [3.63, 3.8) is 0 Å². The number of amides is 2. The van der Waals surface area contributed by atoms with Gasteiger partial charge in [-0.1, -0.05) is 32.9 Å². The second kappa shape index (κ2) is 8.54. The van der Waals surface area contributed by atoms with E-state index in [1.165, 1.54) is 12.1 Å². The van der Waals surface area contributed by atoms with Crippen molar-refractivity contribution in [2.45, 2.75) is 51.2 Å². The van der Waals surface area contributed by atoms with Gasteiger partial charge in [0, 0.05) is 11.8 Å². The number of halogens is 3. The second-order valence-corrected chi connectivity index (χ2v) is 14.1. The van der Waals surface area contributed by atoms with Crippen LogP contribution in [0.15, 0.2) is 41.3 Å². The van der Waals surface area contributed by atoms with Crippen molar-refractivity contribution < 1.29 is 32.0 Å². The highest BCUT2D eigenvalue weighted by atomic mass is 28.4. The lowest BCUT2D eigenvalue weighted by Crippen LogP contribution is -2.43. The Morgan fingerprint density at radius 1 is 1.03 bits per heavy atom. The molecule has 0 saturated carbocycles. The number of nitrogens with one attached hydrogen (secondary N) is 1. The van der Waals surface area contributed by atoms with Gasteiger partial charge in [-0.25, -0.2) is 0 Å². The Morgan fingerprint density at radius 3 is 2.06 bits per heavy atom. The predicted molar refractivity (Wildman–Crippen MR) is 116 cm³/mol. The molecule has 3 rings (SSSR count). The van der Waals surface area contributed by atoms with E-state index in [1.807, 2.05) is 33.9 Å². The van der Waals surface area contributed by atoms with Crippen LogP contribution in [0.5, 0.6) is 0 Å². The zero-order valence-corrected chi connectivity index (χ0v) is 19.9. The molecule has 33 heavy (non-hydrogen) atoms. The summed E-state index contributed by atoms with van der Waals surface area (Å²) in [5, 5.41) is 0.317. The lowest BCUT2D eigenvalue weighted by molar-refractivity contribution is -0.147. The van der Waals surface area contributed by atoms with Crippen LogP contribution in [0.4, 0.5) is 13.2 Å². The number of alkyl halides is 3. The summed E-state index contributed by atoms with van der Waals surface area (Å²) in [6.07, 6.45) is -5.10. The zero-order chi connectivity index (χ0) is 24.8. The number of benzene rings is 1. The summed E-state index contributed by atoms with van der Waals surface area (Å²) < 4.78 is 46.1. The quantitative estimate of drug-likeness (QED) is 0.477. The van der Waals surface area contributed by atoms with Crippen LogP contribution in [0.1, 0.15) is 58.7 Å². The molecule has 7 nitrogen and oxygen atoms in total. The van der Waals surface area contributed by atoms with Gasteiger partial charge >= 0.3 is 6.18 Å². The number of nitrogens with zero attached hydrogens (tertiary/aromatic N) is 1. The van der Waals surface area contributed by atoms with Crippen molar-refractivity contribution in [3.8, 4) is 0 Å². The van der Waals surface area contributed by atoms with Gasteiger partial charge in [0.25, 0.3) is 17.4 Å². The Balaban J connectivity index is 1.98. The average molecular weight is 483 g/mol. The van der Waals surface area contributed by atoms with Gasteiger partial charge in [-0.2, -0.15) is 13.2 Å². The molecule has 1 aliphatic rings. The minimum atomic E-state index is -4.90. The lowest BCUT2D eigenvalue weighted by atomic mass is 10.1.